The number of fused-ring (bicyclic) bond motifs is 1. The first kappa shape index (κ1) is 17.4. The number of amides is 4. The van der Waals surface area contributed by atoms with Gasteiger partial charge in [-0.05, 0) is 38.7 Å². The molecule has 9 heteroatoms. The van der Waals surface area contributed by atoms with Crippen LogP contribution in [0.3, 0.4) is 0 Å². The molecule has 0 bridgehead atoms. The van der Waals surface area contributed by atoms with E-state index in [9.17, 15) is 19.2 Å². The van der Waals surface area contributed by atoms with E-state index < -0.39 is 35.9 Å². The van der Waals surface area contributed by atoms with Crippen LogP contribution in [0.4, 0.5) is 9.80 Å². The smallest absolute Gasteiger partial charge is 0.341 e. The van der Waals surface area contributed by atoms with Crippen molar-refractivity contribution in [3.63, 3.8) is 0 Å². The van der Waals surface area contributed by atoms with Crippen LogP contribution >= 0.6 is 11.3 Å². The number of imide groups is 1. The Hall–Kier alpha value is -2.42. The summed E-state index contributed by atoms with van der Waals surface area (Å²) in [5, 5.41) is 5.58. The van der Waals surface area contributed by atoms with Crippen molar-refractivity contribution in [1.82, 2.24) is 10.2 Å². The molecule has 2 aliphatic rings. The second-order valence-corrected chi connectivity index (χ2v) is 7.65. The predicted molar refractivity (Wildman–Crippen MR) is 90.6 cm³/mol. The number of thiophene rings is 1. The Morgan fingerprint density at radius 2 is 2.04 bits per heavy atom. The lowest BCUT2D eigenvalue weighted by molar-refractivity contribution is -0.132. The largest absolute Gasteiger partial charge is 0.465 e. The predicted octanol–water partition coefficient (Wildman–Crippen LogP) is 1.29. The van der Waals surface area contributed by atoms with Gasteiger partial charge in [-0.3, -0.25) is 14.5 Å². The zero-order valence-corrected chi connectivity index (χ0v) is 15.0. The van der Waals surface area contributed by atoms with E-state index in [4.69, 9.17) is 4.74 Å². The van der Waals surface area contributed by atoms with E-state index in [0.717, 1.165) is 34.6 Å². The van der Waals surface area contributed by atoms with E-state index in [2.05, 4.69) is 10.6 Å². The van der Waals surface area contributed by atoms with Crippen LogP contribution in [0.2, 0.25) is 0 Å². The van der Waals surface area contributed by atoms with E-state index >= 15 is 0 Å². The Kier molecular flexibility index (Phi) is 4.28. The minimum atomic E-state index is -1.03. The van der Waals surface area contributed by atoms with E-state index in [1.165, 1.54) is 18.4 Å². The van der Waals surface area contributed by atoms with Gasteiger partial charge in [0.2, 0.25) is 5.91 Å². The summed E-state index contributed by atoms with van der Waals surface area (Å²) in [5.41, 5.74) is 0.271. The lowest BCUT2D eigenvalue weighted by Gasteiger charge is -2.15. The molecule has 4 amide bonds. The molecule has 0 saturated carbocycles. The zero-order valence-electron chi connectivity index (χ0n) is 14.2. The van der Waals surface area contributed by atoms with Gasteiger partial charge in [0.1, 0.15) is 17.1 Å². The van der Waals surface area contributed by atoms with Gasteiger partial charge in [0.25, 0.3) is 5.91 Å². The molecular weight excluding hydrogens is 346 g/mol. The molecule has 25 heavy (non-hydrogen) atoms. The highest BCUT2D eigenvalue weighted by atomic mass is 32.1. The molecule has 2 N–H and O–H groups in total. The maximum atomic E-state index is 12.3. The number of carbonyl (C=O) groups excluding carboxylic acids is 4. The Labute approximate surface area is 148 Å². The van der Waals surface area contributed by atoms with Gasteiger partial charge in [0.15, 0.2) is 0 Å². The first-order chi connectivity index (χ1) is 11.7. The summed E-state index contributed by atoms with van der Waals surface area (Å²) in [6, 6.07) is -0.605. The van der Waals surface area contributed by atoms with Crippen molar-refractivity contribution in [1.29, 1.82) is 0 Å². The third kappa shape index (κ3) is 2.99. The van der Waals surface area contributed by atoms with Crippen molar-refractivity contribution < 1.29 is 23.9 Å². The maximum Gasteiger partial charge on any atom is 0.341 e. The number of aryl methyl sites for hydroxylation is 1. The fourth-order valence-electron chi connectivity index (χ4n) is 3.08. The van der Waals surface area contributed by atoms with Crippen LogP contribution in [0.25, 0.3) is 0 Å². The molecule has 1 aromatic heterocycles. The summed E-state index contributed by atoms with van der Waals surface area (Å²) in [6.45, 7) is 2.74. The van der Waals surface area contributed by atoms with Crippen molar-refractivity contribution >= 4 is 40.2 Å². The number of ether oxygens (including phenoxy) is 1. The number of methoxy groups -OCH3 is 1. The maximum absolute atomic E-state index is 12.3. The third-order valence-corrected chi connectivity index (χ3v) is 5.52. The number of rotatable bonds is 4. The zero-order chi connectivity index (χ0) is 18.4. The number of nitrogens with one attached hydrogen (secondary N) is 2. The van der Waals surface area contributed by atoms with Crippen LogP contribution in [0.1, 0.15) is 41.1 Å². The summed E-state index contributed by atoms with van der Waals surface area (Å²) < 4.78 is 4.82. The average Bonchev–Trinajstić information content (AvgIpc) is 3.15. The lowest BCUT2D eigenvalue weighted by atomic mass is 10.1. The molecule has 1 aliphatic heterocycles. The van der Waals surface area contributed by atoms with Gasteiger partial charge in [-0.15, -0.1) is 11.3 Å². The monoisotopic (exact) mass is 365 g/mol. The number of nitrogens with zero attached hydrogens (tertiary/aromatic N) is 1. The molecule has 0 unspecified atom stereocenters. The minimum absolute atomic E-state index is 0.380. The van der Waals surface area contributed by atoms with Gasteiger partial charge in [0, 0.05) is 4.88 Å². The van der Waals surface area contributed by atoms with E-state index in [-0.39, 0.29) is 0 Å². The molecule has 1 aliphatic carbocycles. The molecule has 1 fully saturated rings. The van der Waals surface area contributed by atoms with E-state index in [1.807, 2.05) is 0 Å². The number of esters is 1. The summed E-state index contributed by atoms with van der Waals surface area (Å²) >= 11 is 1.34. The van der Waals surface area contributed by atoms with Gasteiger partial charge in [-0.2, -0.15) is 0 Å². The summed E-state index contributed by atoms with van der Waals surface area (Å²) in [4.78, 5) is 50.4. The highest BCUT2D eigenvalue weighted by molar-refractivity contribution is 7.17. The van der Waals surface area contributed by atoms with Gasteiger partial charge in [-0.25, -0.2) is 9.59 Å². The molecule has 2 heterocycles. The molecular formula is C16H19N3O5S. The van der Waals surface area contributed by atoms with Crippen molar-refractivity contribution in [3.8, 4) is 0 Å². The Balaban J connectivity index is 1.77. The van der Waals surface area contributed by atoms with Crippen LogP contribution in [-0.4, -0.2) is 47.9 Å². The molecule has 1 aromatic rings. The third-order valence-electron chi connectivity index (χ3n) is 4.31. The van der Waals surface area contributed by atoms with E-state index in [0.29, 0.717) is 10.6 Å². The number of urea groups is 1. The highest BCUT2D eigenvalue weighted by Gasteiger charge is 2.45. The summed E-state index contributed by atoms with van der Waals surface area (Å²) in [5.74, 6) is -1.49. The van der Waals surface area contributed by atoms with Crippen LogP contribution in [-0.2, 0) is 27.2 Å². The minimum Gasteiger partial charge on any atom is -0.465 e. The van der Waals surface area contributed by atoms with Crippen LogP contribution < -0.4 is 10.6 Å². The lowest BCUT2D eigenvalue weighted by Crippen LogP contribution is -2.41. The second kappa shape index (κ2) is 6.14. The normalized spacial score (nSPS) is 18.1. The molecule has 8 nitrogen and oxygen atoms in total. The van der Waals surface area contributed by atoms with Crippen molar-refractivity contribution in [2.45, 2.75) is 38.6 Å². The molecule has 0 atom stereocenters. The molecule has 1 saturated heterocycles. The Morgan fingerprint density at radius 1 is 1.32 bits per heavy atom. The van der Waals surface area contributed by atoms with Crippen LogP contribution in [0.5, 0.6) is 0 Å². The van der Waals surface area contributed by atoms with Gasteiger partial charge < -0.3 is 15.4 Å². The fourth-order valence-corrected chi connectivity index (χ4v) is 4.38. The van der Waals surface area contributed by atoms with Gasteiger partial charge in [-0.1, -0.05) is 0 Å². The second-order valence-electron chi connectivity index (χ2n) is 6.55. The standard InChI is InChI=1S/C16H19N3O5S/c1-16(2)14(22)19(15(23)18-16)7-10(20)17-12-11(13(21)24-3)8-5-4-6-9(8)25-12/h4-7H2,1-3H3,(H,17,20)(H,18,23). The number of hydrogen-bond donors (Lipinski definition) is 2. The van der Waals surface area contributed by atoms with Crippen molar-refractivity contribution in [2.75, 3.05) is 19.0 Å². The number of carbonyl (C=O) groups is 4. The summed E-state index contributed by atoms with van der Waals surface area (Å²) in [6.07, 6.45) is 2.60. The van der Waals surface area contributed by atoms with E-state index in [1.54, 1.807) is 13.8 Å². The Morgan fingerprint density at radius 3 is 2.64 bits per heavy atom. The number of hydrogen-bond acceptors (Lipinski definition) is 6. The Bertz CT molecular complexity index is 783. The first-order valence-electron chi connectivity index (χ1n) is 7.91. The van der Waals surface area contributed by atoms with Gasteiger partial charge >= 0.3 is 12.0 Å². The molecule has 3 rings (SSSR count). The van der Waals surface area contributed by atoms with Crippen molar-refractivity contribution in [2.24, 2.45) is 0 Å². The average molecular weight is 365 g/mol. The summed E-state index contributed by atoms with van der Waals surface area (Å²) in [7, 11) is 1.29. The fraction of sp³-hybridized carbons (Fsp3) is 0.500. The SMILES string of the molecule is COC(=O)c1c(NC(=O)CN2C(=O)NC(C)(C)C2=O)sc2c1CCC2. The van der Waals surface area contributed by atoms with Crippen molar-refractivity contribution in [3.05, 3.63) is 16.0 Å². The highest BCUT2D eigenvalue weighted by Crippen LogP contribution is 2.39. The quantitative estimate of drug-likeness (QED) is 0.618. The van der Waals surface area contributed by atoms with Crippen LogP contribution in [0.15, 0.2) is 0 Å². The number of anilines is 1. The van der Waals surface area contributed by atoms with Crippen LogP contribution in [0, 0.1) is 0 Å². The first-order valence-corrected chi connectivity index (χ1v) is 8.73. The molecule has 0 radical (unpaired) electrons. The topological polar surface area (TPSA) is 105 Å². The molecule has 134 valence electrons. The molecule has 0 aromatic carbocycles. The van der Waals surface area contributed by atoms with Gasteiger partial charge in [0.05, 0.1) is 12.7 Å². The molecule has 0 spiro atoms.